The van der Waals surface area contributed by atoms with E-state index >= 15 is 0 Å². The number of rotatable bonds is 2. The molecule has 1 heterocycles. The SMILES string of the molecule is Cc1cc(C(=O)N=S(C)(=O)c2ccc(N)cc2)c2[nH]ncc2c1. The Morgan fingerprint density at radius 1 is 1.26 bits per heavy atom. The zero-order valence-electron chi connectivity index (χ0n) is 12.7. The average molecular weight is 328 g/mol. The second kappa shape index (κ2) is 5.51. The number of hydrogen-bond donors (Lipinski definition) is 2. The van der Waals surface area contributed by atoms with Gasteiger partial charge in [0.2, 0.25) is 0 Å². The fourth-order valence-corrected chi connectivity index (χ4v) is 3.52. The van der Waals surface area contributed by atoms with Gasteiger partial charge in [-0.2, -0.15) is 9.46 Å². The number of anilines is 1. The van der Waals surface area contributed by atoms with Crippen LogP contribution >= 0.6 is 0 Å². The minimum absolute atomic E-state index is 0.363. The van der Waals surface area contributed by atoms with Gasteiger partial charge in [-0.05, 0) is 48.9 Å². The van der Waals surface area contributed by atoms with Crippen molar-refractivity contribution in [2.24, 2.45) is 4.36 Å². The first-order chi connectivity index (χ1) is 10.9. The van der Waals surface area contributed by atoms with Crippen molar-refractivity contribution < 1.29 is 9.00 Å². The number of fused-ring (bicyclic) bond motifs is 1. The van der Waals surface area contributed by atoms with E-state index < -0.39 is 15.6 Å². The molecule has 3 aromatic rings. The summed E-state index contributed by atoms with van der Waals surface area (Å²) in [5, 5.41) is 7.55. The number of aryl methyl sites for hydroxylation is 1. The maximum absolute atomic E-state index is 12.8. The number of nitrogens with two attached hydrogens (primary N) is 1. The largest absolute Gasteiger partial charge is 0.399 e. The first-order valence-electron chi connectivity index (χ1n) is 6.92. The summed E-state index contributed by atoms with van der Waals surface area (Å²) in [5.74, 6) is -0.535. The Balaban J connectivity index is 2.10. The lowest BCUT2D eigenvalue weighted by Gasteiger charge is -2.05. The Labute approximate surface area is 133 Å². The van der Waals surface area contributed by atoms with Gasteiger partial charge >= 0.3 is 0 Å². The third kappa shape index (κ3) is 2.95. The molecule has 0 spiro atoms. The number of aromatic nitrogens is 2. The Morgan fingerprint density at radius 2 is 1.96 bits per heavy atom. The molecule has 0 saturated heterocycles. The van der Waals surface area contributed by atoms with Gasteiger partial charge in [0.1, 0.15) is 0 Å². The summed E-state index contributed by atoms with van der Waals surface area (Å²) in [4.78, 5) is 13.0. The first-order valence-corrected chi connectivity index (χ1v) is 8.85. The minimum Gasteiger partial charge on any atom is -0.399 e. The number of nitrogens with one attached hydrogen (secondary N) is 1. The van der Waals surface area contributed by atoms with Crippen LogP contribution in [0.1, 0.15) is 15.9 Å². The fourth-order valence-electron chi connectivity index (χ4n) is 2.36. The molecule has 0 saturated carbocycles. The topological polar surface area (TPSA) is 101 Å². The molecule has 7 heteroatoms. The molecule has 23 heavy (non-hydrogen) atoms. The van der Waals surface area contributed by atoms with E-state index in [4.69, 9.17) is 5.73 Å². The van der Waals surface area contributed by atoms with E-state index in [1.165, 1.54) is 6.26 Å². The summed E-state index contributed by atoms with van der Waals surface area (Å²) in [6.45, 7) is 1.88. The Hall–Kier alpha value is -2.67. The van der Waals surface area contributed by atoms with Gasteiger partial charge in [-0.25, -0.2) is 4.21 Å². The molecule has 0 bridgehead atoms. The van der Waals surface area contributed by atoms with Crippen molar-refractivity contribution in [2.75, 3.05) is 12.0 Å². The number of benzene rings is 2. The lowest BCUT2D eigenvalue weighted by atomic mass is 10.1. The van der Waals surface area contributed by atoms with Crippen molar-refractivity contribution in [3.05, 3.63) is 53.7 Å². The van der Waals surface area contributed by atoms with Crippen molar-refractivity contribution >= 4 is 32.2 Å². The highest BCUT2D eigenvalue weighted by Crippen LogP contribution is 2.21. The van der Waals surface area contributed by atoms with Crippen LogP contribution in [0, 0.1) is 6.92 Å². The van der Waals surface area contributed by atoms with Gasteiger partial charge in [-0.3, -0.25) is 9.89 Å². The van der Waals surface area contributed by atoms with Crippen molar-refractivity contribution in [3.63, 3.8) is 0 Å². The highest BCUT2D eigenvalue weighted by atomic mass is 32.2. The highest BCUT2D eigenvalue weighted by Gasteiger charge is 2.15. The van der Waals surface area contributed by atoms with Crippen LogP contribution in [0.25, 0.3) is 10.9 Å². The summed E-state index contributed by atoms with van der Waals surface area (Å²) in [6, 6.07) is 10.1. The Bertz CT molecular complexity index is 1010. The van der Waals surface area contributed by atoms with Crippen molar-refractivity contribution in [1.82, 2.24) is 10.2 Å². The predicted molar refractivity (Wildman–Crippen MR) is 90.8 cm³/mol. The van der Waals surface area contributed by atoms with E-state index in [1.54, 1.807) is 36.5 Å². The summed E-state index contributed by atoms with van der Waals surface area (Å²) >= 11 is 0. The number of aromatic amines is 1. The summed E-state index contributed by atoms with van der Waals surface area (Å²) in [6.07, 6.45) is 3.08. The van der Waals surface area contributed by atoms with Crippen molar-refractivity contribution in [1.29, 1.82) is 0 Å². The molecule has 0 aliphatic heterocycles. The molecule has 2 aromatic carbocycles. The molecule has 3 rings (SSSR count). The van der Waals surface area contributed by atoms with Gasteiger partial charge < -0.3 is 5.73 Å². The molecule has 3 N–H and O–H groups in total. The lowest BCUT2D eigenvalue weighted by molar-refractivity contribution is 0.101. The Kier molecular flexibility index (Phi) is 3.65. The highest BCUT2D eigenvalue weighted by molar-refractivity contribution is 7.93. The van der Waals surface area contributed by atoms with Crippen LogP contribution in [0.15, 0.2) is 51.9 Å². The molecule has 1 unspecified atom stereocenters. The van der Waals surface area contributed by atoms with Crippen LogP contribution in [0.5, 0.6) is 0 Å². The van der Waals surface area contributed by atoms with Gasteiger partial charge in [-0.15, -0.1) is 0 Å². The van der Waals surface area contributed by atoms with Crippen molar-refractivity contribution in [3.8, 4) is 0 Å². The van der Waals surface area contributed by atoms with Crippen LogP contribution in [-0.4, -0.2) is 26.6 Å². The van der Waals surface area contributed by atoms with Gasteiger partial charge in [0.05, 0.1) is 27.0 Å². The number of hydrogen-bond acceptors (Lipinski definition) is 4. The maximum Gasteiger partial charge on any atom is 0.287 e. The van der Waals surface area contributed by atoms with E-state index in [0.29, 0.717) is 21.7 Å². The zero-order valence-corrected chi connectivity index (χ0v) is 13.6. The van der Waals surface area contributed by atoms with Crippen LogP contribution < -0.4 is 5.73 Å². The molecule has 1 aromatic heterocycles. The number of H-pyrrole nitrogens is 1. The number of nitrogens with zero attached hydrogens (tertiary/aromatic N) is 2. The monoisotopic (exact) mass is 328 g/mol. The van der Waals surface area contributed by atoms with E-state index in [0.717, 1.165) is 10.9 Å². The predicted octanol–water partition coefficient (Wildman–Crippen LogP) is 2.75. The average Bonchev–Trinajstić information content (AvgIpc) is 2.94. The summed E-state index contributed by atoms with van der Waals surface area (Å²) in [5.41, 5.74) is 8.06. The van der Waals surface area contributed by atoms with Crippen molar-refractivity contribution in [2.45, 2.75) is 11.8 Å². The van der Waals surface area contributed by atoms with Crippen LogP contribution in [-0.2, 0) is 9.73 Å². The minimum atomic E-state index is -2.85. The molecule has 0 aliphatic carbocycles. The standard InChI is InChI=1S/C16H16N4O2S/c1-10-7-11-9-18-19-15(11)14(8-10)16(21)20-23(2,22)13-5-3-12(17)4-6-13/h3-9H,17H2,1-2H3,(H,18,19). The first kappa shape index (κ1) is 15.2. The van der Waals surface area contributed by atoms with Crippen LogP contribution in [0.3, 0.4) is 0 Å². The molecule has 6 nitrogen and oxygen atoms in total. The van der Waals surface area contributed by atoms with Crippen LogP contribution in [0.2, 0.25) is 0 Å². The number of carbonyl (C=O) groups is 1. The molecule has 0 radical (unpaired) electrons. The molecule has 118 valence electrons. The van der Waals surface area contributed by atoms with Gasteiger partial charge in [0.25, 0.3) is 5.91 Å². The smallest absolute Gasteiger partial charge is 0.287 e. The number of amides is 1. The normalized spacial score (nSPS) is 13.7. The molecular weight excluding hydrogens is 312 g/mol. The molecule has 0 fully saturated rings. The van der Waals surface area contributed by atoms with E-state index in [1.807, 2.05) is 13.0 Å². The van der Waals surface area contributed by atoms with Gasteiger partial charge in [-0.1, -0.05) is 0 Å². The number of carbonyl (C=O) groups excluding carboxylic acids is 1. The molecule has 1 atom stereocenters. The molecule has 0 aliphatic rings. The second-order valence-corrected chi connectivity index (χ2v) is 7.67. The third-order valence-corrected chi connectivity index (χ3v) is 5.16. The third-order valence-electron chi connectivity index (χ3n) is 3.50. The summed E-state index contributed by atoms with van der Waals surface area (Å²) in [7, 11) is -2.85. The van der Waals surface area contributed by atoms with Crippen LogP contribution in [0.4, 0.5) is 5.69 Å². The zero-order chi connectivity index (χ0) is 16.6. The lowest BCUT2D eigenvalue weighted by Crippen LogP contribution is -2.05. The summed E-state index contributed by atoms with van der Waals surface area (Å²) < 4.78 is 16.7. The number of nitrogen functional groups attached to an aromatic ring is 1. The van der Waals surface area contributed by atoms with Gasteiger partial charge in [0, 0.05) is 22.2 Å². The fraction of sp³-hybridized carbons (Fsp3) is 0.125. The van der Waals surface area contributed by atoms with E-state index in [2.05, 4.69) is 14.6 Å². The molecule has 1 amide bonds. The second-order valence-electron chi connectivity index (χ2n) is 5.41. The van der Waals surface area contributed by atoms with E-state index in [-0.39, 0.29) is 0 Å². The van der Waals surface area contributed by atoms with E-state index in [9.17, 15) is 9.00 Å². The quantitative estimate of drug-likeness (QED) is 0.706. The maximum atomic E-state index is 12.8. The Morgan fingerprint density at radius 3 is 2.65 bits per heavy atom. The molecular formula is C16H16N4O2S. The van der Waals surface area contributed by atoms with Gasteiger partial charge in [0.15, 0.2) is 0 Å².